The maximum atomic E-state index is 11.6. The lowest BCUT2D eigenvalue weighted by molar-refractivity contribution is -0.143. The first-order valence-electron chi connectivity index (χ1n) is 10.2. The lowest BCUT2D eigenvalue weighted by Gasteiger charge is -2.06. The quantitative estimate of drug-likeness (QED) is 0.227. The smallest absolute Gasteiger partial charge is 0.305 e. The topological polar surface area (TPSA) is 26.3 Å². The summed E-state index contributed by atoms with van der Waals surface area (Å²) in [7, 11) is 0. The van der Waals surface area contributed by atoms with Crippen LogP contribution in [0.2, 0.25) is 0 Å². The van der Waals surface area contributed by atoms with Crippen LogP contribution in [0.5, 0.6) is 0 Å². The fourth-order valence-corrected chi connectivity index (χ4v) is 2.80. The molecule has 0 heterocycles. The molecule has 0 unspecified atom stereocenters. The molecule has 0 aliphatic heterocycles. The van der Waals surface area contributed by atoms with E-state index < -0.39 is 0 Å². The molecule has 0 bridgehead atoms. The van der Waals surface area contributed by atoms with Gasteiger partial charge in [0.15, 0.2) is 0 Å². The fraction of sp³-hybridized carbons (Fsp3) is 0.952. The van der Waals surface area contributed by atoms with Crippen LogP contribution in [0.25, 0.3) is 0 Å². The van der Waals surface area contributed by atoms with E-state index in [1.165, 1.54) is 57.8 Å². The highest BCUT2D eigenvalue weighted by Gasteiger charge is 2.03. The van der Waals surface area contributed by atoms with E-state index in [-0.39, 0.29) is 5.97 Å². The maximum absolute atomic E-state index is 11.6. The molecule has 0 fully saturated rings. The Morgan fingerprint density at radius 1 is 0.652 bits per heavy atom. The third-order valence-corrected chi connectivity index (χ3v) is 4.35. The van der Waals surface area contributed by atoms with Crippen LogP contribution >= 0.6 is 0 Å². The largest absolute Gasteiger partial charge is 0.466 e. The lowest BCUT2D eigenvalue weighted by Crippen LogP contribution is -2.05. The Bertz CT molecular complexity index is 259. The number of esters is 1. The van der Waals surface area contributed by atoms with Gasteiger partial charge in [-0.3, -0.25) is 4.79 Å². The summed E-state index contributed by atoms with van der Waals surface area (Å²) >= 11 is 0. The predicted octanol–water partition coefficient (Wildman–Crippen LogP) is 6.91. The Hall–Kier alpha value is -0.530. The number of carbonyl (C=O) groups excluding carboxylic acids is 1. The average molecular weight is 327 g/mol. The zero-order chi connectivity index (χ0) is 17.3. The molecule has 0 aromatic carbocycles. The van der Waals surface area contributed by atoms with Crippen molar-refractivity contribution in [3.8, 4) is 0 Å². The second kappa shape index (κ2) is 16.3. The Balaban J connectivity index is 3.18. The SMILES string of the molecule is CC(C)CCCCCCCCOC(=O)CCCCCCC(C)C. The summed E-state index contributed by atoms with van der Waals surface area (Å²) in [6, 6.07) is 0. The highest BCUT2D eigenvalue weighted by atomic mass is 16.5. The van der Waals surface area contributed by atoms with Crippen molar-refractivity contribution in [2.45, 2.75) is 111 Å². The van der Waals surface area contributed by atoms with Gasteiger partial charge in [0.1, 0.15) is 0 Å². The number of hydrogen-bond donors (Lipinski definition) is 0. The summed E-state index contributed by atoms with van der Waals surface area (Å²) in [6.07, 6.45) is 15.5. The first-order chi connectivity index (χ1) is 11.0. The molecule has 0 amide bonds. The molecule has 0 aliphatic carbocycles. The van der Waals surface area contributed by atoms with Crippen LogP contribution in [0.1, 0.15) is 111 Å². The van der Waals surface area contributed by atoms with Crippen molar-refractivity contribution in [3.05, 3.63) is 0 Å². The molecule has 2 nitrogen and oxygen atoms in total. The van der Waals surface area contributed by atoms with Crippen molar-refractivity contribution in [2.24, 2.45) is 11.8 Å². The van der Waals surface area contributed by atoms with Gasteiger partial charge >= 0.3 is 5.97 Å². The van der Waals surface area contributed by atoms with Crippen LogP contribution in [-0.2, 0) is 9.53 Å². The molecule has 0 saturated carbocycles. The summed E-state index contributed by atoms with van der Waals surface area (Å²) in [5, 5.41) is 0. The fourth-order valence-electron chi connectivity index (χ4n) is 2.80. The zero-order valence-corrected chi connectivity index (χ0v) is 16.4. The minimum absolute atomic E-state index is 0.00536. The highest BCUT2D eigenvalue weighted by molar-refractivity contribution is 5.69. The Labute approximate surface area is 145 Å². The van der Waals surface area contributed by atoms with E-state index in [9.17, 15) is 4.79 Å². The van der Waals surface area contributed by atoms with Crippen LogP contribution in [-0.4, -0.2) is 12.6 Å². The van der Waals surface area contributed by atoms with Crippen LogP contribution in [0.3, 0.4) is 0 Å². The number of unbranched alkanes of at least 4 members (excludes halogenated alkanes) is 8. The van der Waals surface area contributed by atoms with Crippen molar-refractivity contribution in [1.82, 2.24) is 0 Å². The molecule has 0 radical (unpaired) electrons. The van der Waals surface area contributed by atoms with Gasteiger partial charge in [-0.2, -0.15) is 0 Å². The molecule has 0 aromatic rings. The van der Waals surface area contributed by atoms with E-state index >= 15 is 0 Å². The lowest BCUT2D eigenvalue weighted by atomic mass is 10.0. The maximum Gasteiger partial charge on any atom is 0.305 e. The van der Waals surface area contributed by atoms with Gasteiger partial charge in [0.05, 0.1) is 6.61 Å². The average Bonchev–Trinajstić information content (AvgIpc) is 2.48. The summed E-state index contributed by atoms with van der Waals surface area (Å²) < 4.78 is 5.31. The van der Waals surface area contributed by atoms with Gasteiger partial charge in [0.25, 0.3) is 0 Å². The van der Waals surface area contributed by atoms with Gasteiger partial charge in [-0.05, 0) is 24.7 Å². The standard InChI is InChI=1S/C21H42O2/c1-19(2)15-11-7-5-6-10-14-18-23-21(22)17-13-9-8-12-16-20(3)4/h19-20H,5-18H2,1-4H3. The molecular weight excluding hydrogens is 284 g/mol. The van der Waals surface area contributed by atoms with Gasteiger partial charge in [-0.15, -0.1) is 0 Å². The predicted molar refractivity (Wildman–Crippen MR) is 101 cm³/mol. The molecule has 0 aliphatic rings. The summed E-state index contributed by atoms with van der Waals surface area (Å²) in [5.74, 6) is 1.64. The number of ether oxygens (including phenoxy) is 1. The van der Waals surface area contributed by atoms with E-state index in [0.717, 1.165) is 31.1 Å². The van der Waals surface area contributed by atoms with E-state index in [1.807, 2.05) is 0 Å². The molecule has 138 valence electrons. The van der Waals surface area contributed by atoms with Crippen molar-refractivity contribution in [2.75, 3.05) is 6.61 Å². The van der Waals surface area contributed by atoms with Gasteiger partial charge in [-0.1, -0.05) is 91.9 Å². The molecule has 0 rings (SSSR count). The highest BCUT2D eigenvalue weighted by Crippen LogP contribution is 2.12. The molecule has 0 spiro atoms. The number of rotatable bonds is 16. The van der Waals surface area contributed by atoms with E-state index in [2.05, 4.69) is 27.7 Å². The summed E-state index contributed by atoms with van der Waals surface area (Å²) in [6.45, 7) is 9.74. The van der Waals surface area contributed by atoms with Crippen molar-refractivity contribution < 1.29 is 9.53 Å². The first-order valence-corrected chi connectivity index (χ1v) is 10.2. The van der Waals surface area contributed by atoms with Gasteiger partial charge in [0, 0.05) is 6.42 Å². The Morgan fingerprint density at radius 3 is 1.61 bits per heavy atom. The second-order valence-corrected chi connectivity index (χ2v) is 7.87. The third kappa shape index (κ3) is 19.4. The number of hydrogen-bond acceptors (Lipinski definition) is 2. The Kier molecular flexibility index (Phi) is 16.0. The van der Waals surface area contributed by atoms with Crippen molar-refractivity contribution in [1.29, 1.82) is 0 Å². The molecule has 0 saturated heterocycles. The molecule has 2 heteroatoms. The van der Waals surface area contributed by atoms with E-state index in [0.29, 0.717) is 13.0 Å². The normalized spacial score (nSPS) is 11.4. The summed E-state index contributed by atoms with van der Waals surface area (Å²) in [4.78, 5) is 11.6. The summed E-state index contributed by atoms with van der Waals surface area (Å²) in [5.41, 5.74) is 0. The second-order valence-electron chi connectivity index (χ2n) is 7.87. The van der Waals surface area contributed by atoms with Gasteiger partial charge in [0.2, 0.25) is 0 Å². The minimum Gasteiger partial charge on any atom is -0.466 e. The molecular formula is C21H42O2. The minimum atomic E-state index is 0.00536. The first kappa shape index (κ1) is 22.5. The molecule has 0 aromatic heterocycles. The monoisotopic (exact) mass is 326 g/mol. The van der Waals surface area contributed by atoms with Crippen LogP contribution < -0.4 is 0 Å². The third-order valence-electron chi connectivity index (χ3n) is 4.35. The zero-order valence-electron chi connectivity index (χ0n) is 16.4. The van der Waals surface area contributed by atoms with Crippen molar-refractivity contribution >= 4 is 5.97 Å². The van der Waals surface area contributed by atoms with Crippen LogP contribution in [0, 0.1) is 11.8 Å². The molecule has 0 atom stereocenters. The number of carbonyl (C=O) groups is 1. The molecule has 23 heavy (non-hydrogen) atoms. The van der Waals surface area contributed by atoms with Gasteiger partial charge < -0.3 is 4.74 Å². The van der Waals surface area contributed by atoms with Crippen LogP contribution in [0.15, 0.2) is 0 Å². The van der Waals surface area contributed by atoms with Gasteiger partial charge in [-0.25, -0.2) is 0 Å². The van der Waals surface area contributed by atoms with Crippen molar-refractivity contribution in [3.63, 3.8) is 0 Å². The van der Waals surface area contributed by atoms with E-state index in [4.69, 9.17) is 4.74 Å². The molecule has 0 N–H and O–H groups in total. The Morgan fingerprint density at radius 2 is 1.09 bits per heavy atom. The van der Waals surface area contributed by atoms with Crippen LogP contribution in [0.4, 0.5) is 0 Å². The van der Waals surface area contributed by atoms with E-state index in [1.54, 1.807) is 0 Å².